The van der Waals surface area contributed by atoms with Crippen LogP contribution < -0.4 is 5.56 Å². The van der Waals surface area contributed by atoms with Gasteiger partial charge in [-0.25, -0.2) is 0 Å². The Labute approximate surface area is 186 Å². The molecule has 3 heterocycles. The van der Waals surface area contributed by atoms with Gasteiger partial charge in [0, 0.05) is 28.2 Å². The predicted molar refractivity (Wildman–Crippen MR) is 131 cm³/mol. The smallest absolute Gasteiger partial charge is 0.257 e. The summed E-state index contributed by atoms with van der Waals surface area (Å²) in [5.41, 5.74) is 6.66. The molecule has 6 heteroatoms. The maximum atomic E-state index is 12.8. The molecule has 0 aliphatic carbocycles. The van der Waals surface area contributed by atoms with Crippen LogP contribution in [-0.4, -0.2) is 45.7 Å². The minimum Gasteiger partial charge on any atom is -0.354 e. The molecule has 5 aromatic rings. The summed E-state index contributed by atoms with van der Waals surface area (Å²) in [5, 5.41) is 9.00. The molecule has 0 unspecified atom stereocenters. The van der Waals surface area contributed by atoms with Gasteiger partial charge in [-0.05, 0) is 92.8 Å². The van der Waals surface area contributed by atoms with Gasteiger partial charge in [0.15, 0.2) is 0 Å². The first-order valence-corrected chi connectivity index (χ1v) is 11.0. The maximum Gasteiger partial charge on any atom is 0.257 e. The van der Waals surface area contributed by atoms with E-state index < -0.39 is 0 Å². The minimum absolute atomic E-state index is 0.0935. The summed E-state index contributed by atoms with van der Waals surface area (Å²) in [5.74, 6) is 0. The fourth-order valence-corrected chi connectivity index (χ4v) is 4.23. The largest absolute Gasteiger partial charge is 0.354 e. The van der Waals surface area contributed by atoms with E-state index in [0.717, 1.165) is 51.6 Å². The molecule has 0 bridgehead atoms. The number of benzene rings is 2. The van der Waals surface area contributed by atoms with Crippen LogP contribution in [0.2, 0.25) is 0 Å². The SMILES string of the molecule is CN(C)CCCCc1ccc2[nH]c(-c3cc4cc(-c5cn[nH]c5)ccc4[nH]c3=O)cc2c1. The van der Waals surface area contributed by atoms with E-state index in [1.807, 2.05) is 24.4 Å². The molecule has 3 aromatic heterocycles. The van der Waals surface area contributed by atoms with Crippen LogP contribution in [-0.2, 0) is 6.42 Å². The number of hydrogen-bond acceptors (Lipinski definition) is 3. The van der Waals surface area contributed by atoms with Crippen LogP contribution in [0.1, 0.15) is 18.4 Å². The van der Waals surface area contributed by atoms with Gasteiger partial charge in [-0.1, -0.05) is 12.1 Å². The summed E-state index contributed by atoms with van der Waals surface area (Å²) in [6, 6.07) is 16.6. The van der Waals surface area contributed by atoms with Crippen molar-refractivity contribution in [2.24, 2.45) is 0 Å². The van der Waals surface area contributed by atoms with Crippen molar-refractivity contribution in [1.29, 1.82) is 0 Å². The van der Waals surface area contributed by atoms with Crippen molar-refractivity contribution < 1.29 is 0 Å². The number of pyridine rings is 1. The molecule has 0 aliphatic heterocycles. The molecule has 6 nitrogen and oxygen atoms in total. The van der Waals surface area contributed by atoms with Crippen LogP contribution in [0.4, 0.5) is 0 Å². The number of aromatic nitrogens is 4. The van der Waals surface area contributed by atoms with Crippen molar-refractivity contribution >= 4 is 21.8 Å². The number of hydrogen-bond donors (Lipinski definition) is 3. The molecule has 0 fully saturated rings. The molecule has 3 N–H and O–H groups in total. The van der Waals surface area contributed by atoms with Crippen molar-refractivity contribution in [2.45, 2.75) is 19.3 Å². The molecule has 162 valence electrons. The topological polar surface area (TPSA) is 80.6 Å². The zero-order chi connectivity index (χ0) is 22.1. The van der Waals surface area contributed by atoms with Crippen molar-refractivity contribution in [3.63, 3.8) is 0 Å². The summed E-state index contributed by atoms with van der Waals surface area (Å²) in [4.78, 5) is 21.5. The fourth-order valence-electron chi connectivity index (χ4n) is 4.23. The Kier molecular flexibility index (Phi) is 5.37. The van der Waals surface area contributed by atoms with E-state index in [-0.39, 0.29) is 5.56 Å². The number of nitrogens with one attached hydrogen (secondary N) is 3. The lowest BCUT2D eigenvalue weighted by atomic mass is 10.0. The van der Waals surface area contributed by atoms with E-state index in [0.29, 0.717) is 5.56 Å². The lowest BCUT2D eigenvalue weighted by Gasteiger charge is -2.08. The molecule has 0 spiro atoms. The zero-order valence-electron chi connectivity index (χ0n) is 18.4. The Morgan fingerprint density at radius 1 is 0.875 bits per heavy atom. The third-order valence-electron chi connectivity index (χ3n) is 5.97. The maximum absolute atomic E-state index is 12.8. The summed E-state index contributed by atoms with van der Waals surface area (Å²) >= 11 is 0. The van der Waals surface area contributed by atoms with Crippen LogP contribution in [0.25, 0.3) is 44.2 Å². The van der Waals surface area contributed by atoms with E-state index in [1.165, 1.54) is 18.4 Å². The summed E-state index contributed by atoms with van der Waals surface area (Å²) in [6.07, 6.45) is 7.09. The van der Waals surface area contributed by atoms with Crippen LogP contribution in [0.5, 0.6) is 0 Å². The molecule has 0 radical (unpaired) electrons. The second kappa shape index (κ2) is 8.48. The van der Waals surface area contributed by atoms with Gasteiger partial charge in [0.1, 0.15) is 0 Å². The highest BCUT2D eigenvalue weighted by Gasteiger charge is 2.11. The molecule has 5 rings (SSSR count). The number of nitrogens with zero attached hydrogens (tertiary/aromatic N) is 2. The highest BCUT2D eigenvalue weighted by atomic mass is 16.1. The molecule has 0 saturated heterocycles. The van der Waals surface area contributed by atoms with Crippen LogP contribution in [0, 0.1) is 0 Å². The second-order valence-electron chi connectivity index (χ2n) is 8.67. The average Bonchev–Trinajstić information content (AvgIpc) is 3.45. The first kappa shape index (κ1) is 20.3. The monoisotopic (exact) mass is 425 g/mol. The first-order chi connectivity index (χ1) is 15.6. The highest BCUT2D eigenvalue weighted by molar-refractivity contribution is 5.90. The lowest BCUT2D eigenvalue weighted by molar-refractivity contribution is 0.394. The number of H-pyrrole nitrogens is 3. The van der Waals surface area contributed by atoms with E-state index in [2.05, 4.69) is 69.5 Å². The molecule has 0 amide bonds. The Balaban J connectivity index is 1.46. The van der Waals surface area contributed by atoms with Gasteiger partial charge >= 0.3 is 0 Å². The van der Waals surface area contributed by atoms with Crippen molar-refractivity contribution in [1.82, 2.24) is 25.1 Å². The van der Waals surface area contributed by atoms with Gasteiger partial charge in [-0.15, -0.1) is 0 Å². The first-order valence-electron chi connectivity index (χ1n) is 11.0. The molecular formula is C26H27N5O. The van der Waals surface area contributed by atoms with Crippen LogP contribution >= 0.6 is 0 Å². The minimum atomic E-state index is -0.0935. The normalized spacial score (nSPS) is 11.7. The number of aryl methyl sites for hydroxylation is 1. The number of rotatable bonds is 7. The number of aromatic amines is 3. The Hall–Kier alpha value is -3.64. The predicted octanol–water partition coefficient (Wildman–Crippen LogP) is 4.95. The van der Waals surface area contributed by atoms with Crippen LogP contribution in [0.15, 0.2) is 65.7 Å². The fraction of sp³-hybridized carbons (Fsp3) is 0.231. The van der Waals surface area contributed by atoms with Gasteiger partial charge < -0.3 is 14.9 Å². The molecule has 2 aromatic carbocycles. The van der Waals surface area contributed by atoms with Crippen LogP contribution in [0.3, 0.4) is 0 Å². The van der Waals surface area contributed by atoms with E-state index in [1.54, 1.807) is 6.20 Å². The van der Waals surface area contributed by atoms with Gasteiger partial charge in [0.05, 0.1) is 17.5 Å². The molecule has 0 atom stereocenters. The van der Waals surface area contributed by atoms with Gasteiger partial charge in [-0.3, -0.25) is 9.89 Å². The van der Waals surface area contributed by atoms with E-state index in [9.17, 15) is 4.79 Å². The Bertz CT molecular complexity index is 1430. The summed E-state index contributed by atoms with van der Waals surface area (Å²) in [7, 11) is 4.22. The van der Waals surface area contributed by atoms with Crippen molar-refractivity contribution in [3.8, 4) is 22.4 Å². The molecular weight excluding hydrogens is 398 g/mol. The molecule has 32 heavy (non-hydrogen) atoms. The Morgan fingerprint density at radius 2 is 1.69 bits per heavy atom. The van der Waals surface area contributed by atoms with E-state index >= 15 is 0 Å². The quantitative estimate of drug-likeness (QED) is 0.323. The van der Waals surface area contributed by atoms with E-state index in [4.69, 9.17) is 0 Å². The van der Waals surface area contributed by atoms with Gasteiger partial charge in [0.2, 0.25) is 0 Å². The summed E-state index contributed by atoms with van der Waals surface area (Å²) in [6.45, 7) is 1.11. The van der Waals surface area contributed by atoms with Crippen molar-refractivity contribution in [2.75, 3.05) is 20.6 Å². The Morgan fingerprint density at radius 3 is 2.50 bits per heavy atom. The highest BCUT2D eigenvalue weighted by Crippen LogP contribution is 2.27. The standard InChI is InChI=1S/C26H27N5O/c1-31(2)10-4-3-5-17-6-8-23-19(11-17)14-25(29-23)22-13-20-12-18(21-15-27-28-16-21)7-9-24(20)30-26(22)32/h6-9,11-16,29H,3-5,10H2,1-2H3,(H,27,28)(H,30,32). The third-order valence-corrected chi connectivity index (χ3v) is 5.97. The zero-order valence-corrected chi connectivity index (χ0v) is 18.4. The molecule has 0 saturated carbocycles. The van der Waals surface area contributed by atoms with Gasteiger partial charge in [0.25, 0.3) is 5.56 Å². The van der Waals surface area contributed by atoms with Crippen molar-refractivity contribution in [3.05, 3.63) is 76.8 Å². The number of unbranched alkanes of at least 4 members (excludes halogenated alkanes) is 1. The average molecular weight is 426 g/mol. The number of fused-ring (bicyclic) bond motifs is 2. The third kappa shape index (κ3) is 4.09. The summed E-state index contributed by atoms with van der Waals surface area (Å²) < 4.78 is 0. The molecule has 0 aliphatic rings. The van der Waals surface area contributed by atoms with Gasteiger partial charge in [-0.2, -0.15) is 5.10 Å². The second-order valence-corrected chi connectivity index (χ2v) is 8.67. The lowest BCUT2D eigenvalue weighted by Crippen LogP contribution is -2.12.